The zero-order chi connectivity index (χ0) is 12.9. The number of rotatable bonds is 5. The molecule has 3 N–H and O–H groups in total. The fourth-order valence-corrected chi connectivity index (χ4v) is 1.84. The van der Waals surface area contributed by atoms with Crippen LogP contribution in [0.3, 0.4) is 0 Å². The van der Waals surface area contributed by atoms with Gasteiger partial charge >= 0.3 is 0 Å². The van der Waals surface area contributed by atoms with E-state index in [4.69, 9.17) is 5.84 Å². The molecule has 1 rings (SSSR count). The minimum absolute atomic E-state index is 0.213. The summed E-state index contributed by atoms with van der Waals surface area (Å²) in [4.78, 5) is 0. The number of hydrazine groups is 1. The maximum Gasteiger partial charge on any atom is 0.0285 e. The molecule has 0 saturated carbocycles. The van der Waals surface area contributed by atoms with Crippen LogP contribution >= 0.6 is 0 Å². The monoisotopic (exact) mass is 232 g/mol. The molecule has 2 heteroatoms. The van der Waals surface area contributed by atoms with Gasteiger partial charge in [-0.1, -0.05) is 51.1 Å². The van der Waals surface area contributed by atoms with Crippen molar-refractivity contribution in [2.24, 2.45) is 5.84 Å². The van der Waals surface area contributed by atoms with E-state index in [0.29, 0.717) is 0 Å². The van der Waals surface area contributed by atoms with E-state index in [9.17, 15) is 0 Å². The first-order valence-electron chi connectivity index (χ1n) is 6.14. The van der Waals surface area contributed by atoms with Crippen LogP contribution in [0.15, 0.2) is 36.9 Å². The summed E-state index contributed by atoms with van der Waals surface area (Å²) in [7, 11) is 0. The lowest BCUT2D eigenvalue weighted by Crippen LogP contribution is -2.36. The van der Waals surface area contributed by atoms with Crippen molar-refractivity contribution in [3.05, 3.63) is 48.0 Å². The topological polar surface area (TPSA) is 38.0 Å². The van der Waals surface area contributed by atoms with Crippen LogP contribution in [0.1, 0.15) is 38.3 Å². The Morgan fingerprint density at radius 2 is 1.88 bits per heavy atom. The van der Waals surface area contributed by atoms with Crippen LogP contribution in [0.5, 0.6) is 0 Å². The average molecular weight is 232 g/mol. The van der Waals surface area contributed by atoms with E-state index in [1.807, 2.05) is 6.08 Å². The Bertz CT molecular complexity index is 346. The Balaban J connectivity index is 2.71. The van der Waals surface area contributed by atoms with Crippen LogP contribution in [-0.2, 0) is 11.8 Å². The van der Waals surface area contributed by atoms with Gasteiger partial charge in [-0.05, 0) is 29.4 Å². The highest BCUT2D eigenvalue weighted by Crippen LogP contribution is 2.22. The molecule has 0 heterocycles. The number of nitrogens with one attached hydrogen (secondary N) is 1. The zero-order valence-corrected chi connectivity index (χ0v) is 11.2. The molecule has 0 spiro atoms. The van der Waals surface area contributed by atoms with Gasteiger partial charge in [-0.2, -0.15) is 0 Å². The van der Waals surface area contributed by atoms with Gasteiger partial charge < -0.3 is 0 Å². The van der Waals surface area contributed by atoms with Gasteiger partial charge in [0.05, 0.1) is 0 Å². The van der Waals surface area contributed by atoms with E-state index in [1.165, 1.54) is 11.1 Å². The average Bonchev–Trinajstić information content (AvgIpc) is 2.28. The largest absolute Gasteiger partial charge is 0.271 e. The SMILES string of the molecule is C=CCC(Cc1ccc(C(C)(C)C)cc1)NN. The maximum atomic E-state index is 5.51. The lowest BCUT2D eigenvalue weighted by Gasteiger charge is -2.20. The zero-order valence-electron chi connectivity index (χ0n) is 11.2. The highest BCUT2D eigenvalue weighted by Gasteiger charge is 2.13. The summed E-state index contributed by atoms with van der Waals surface area (Å²) in [5.41, 5.74) is 5.71. The first-order valence-corrected chi connectivity index (χ1v) is 6.14. The van der Waals surface area contributed by atoms with Gasteiger partial charge in [0, 0.05) is 6.04 Å². The van der Waals surface area contributed by atoms with Crippen LogP contribution < -0.4 is 11.3 Å². The predicted molar refractivity (Wildman–Crippen MR) is 74.8 cm³/mol. The molecule has 0 saturated heterocycles. The van der Waals surface area contributed by atoms with Gasteiger partial charge in [0.25, 0.3) is 0 Å². The molecule has 0 radical (unpaired) electrons. The smallest absolute Gasteiger partial charge is 0.0285 e. The summed E-state index contributed by atoms with van der Waals surface area (Å²) >= 11 is 0. The summed E-state index contributed by atoms with van der Waals surface area (Å²) < 4.78 is 0. The lowest BCUT2D eigenvalue weighted by molar-refractivity contribution is 0.530. The molecule has 0 aliphatic carbocycles. The van der Waals surface area contributed by atoms with Gasteiger partial charge in [0.15, 0.2) is 0 Å². The van der Waals surface area contributed by atoms with Crippen molar-refractivity contribution < 1.29 is 0 Å². The van der Waals surface area contributed by atoms with Gasteiger partial charge in [-0.15, -0.1) is 6.58 Å². The van der Waals surface area contributed by atoms with Crippen LogP contribution in [0.4, 0.5) is 0 Å². The third-order valence-electron chi connectivity index (χ3n) is 2.99. The van der Waals surface area contributed by atoms with Crippen LogP contribution in [0.25, 0.3) is 0 Å². The second-order valence-electron chi connectivity index (χ2n) is 5.54. The van der Waals surface area contributed by atoms with Crippen molar-refractivity contribution in [2.45, 2.75) is 45.1 Å². The highest BCUT2D eigenvalue weighted by molar-refractivity contribution is 5.28. The molecule has 94 valence electrons. The number of benzene rings is 1. The van der Waals surface area contributed by atoms with Gasteiger partial charge in [-0.3, -0.25) is 11.3 Å². The first-order chi connectivity index (χ1) is 7.97. The molecule has 0 bridgehead atoms. The Kier molecular flexibility index (Phi) is 4.91. The van der Waals surface area contributed by atoms with Crippen molar-refractivity contribution in [1.29, 1.82) is 0 Å². The Hall–Kier alpha value is -1.12. The van der Waals surface area contributed by atoms with E-state index >= 15 is 0 Å². The van der Waals surface area contributed by atoms with Gasteiger partial charge in [0.2, 0.25) is 0 Å². The molecule has 17 heavy (non-hydrogen) atoms. The van der Waals surface area contributed by atoms with Crippen molar-refractivity contribution in [2.75, 3.05) is 0 Å². The fourth-order valence-electron chi connectivity index (χ4n) is 1.84. The van der Waals surface area contributed by atoms with E-state index < -0.39 is 0 Å². The standard InChI is InChI=1S/C15H24N2/c1-5-6-14(17-16)11-12-7-9-13(10-8-12)15(2,3)4/h5,7-10,14,17H,1,6,11,16H2,2-4H3. The molecule has 1 aromatic carbocycles. The van der Waals surface area contributed by atoms with Gasteiger partial charge in [0.1, 0.15) is 0 Å². The highest BCUT2D eigenvalue weighted by atomic mass is 15.2. The number of nitrogens with two attached hydrogens (primary N) is 1. The predicted octanol–water partition coefficient (Wildman–Crippen LogP) is 2.93. The molecular weight excluding hydrogens is 208 g/mol. The van der Waals surface area contributed by atoms with E-state index in [-0.39, 0.29) is 11.5 Å². The summed E-state index contributed by atoms with van der Waals surface area (Å²) in [6, 6.07) is 9.06. The van der Waals surface area contributed by atoms with Crippen LogP contribution in [0.2, 0.25) is 0 Å². The third-order valence-corrected chi connectivity index (χ3v) is 2.99. The molecule has 1 unspecified atom stereocenters. The van der Waals surface area contributed by atoms with Crippen molar-refractivity contribution >= 4 is 0 Å². The minimum Gasteiger partial charge on any atom is -0.271 e. The maximum absolute atomic E-state index is 5.51. The van der Waals surface area contributed by atoms with Crippen molar-refractivity contribution in [1.82, 2.24) is 5.43 Å². The lowest BCUT2D eigenvalue weighted by atomic mass is 9.86. The Labute approximate surface area is 105 Å². The summed E-state index contributed by atoms with van der Waals surface area (Å²) in [5.74, 6) is 5.51. The number of hydrogen-bond acceptors (Lipinski definition) is 2. The molecule has 2 nitrogen and oxygen atoms in total. The number of hydrogen-bond donors (Lipinski definition) is 2. The molecule has 0 fully saturated rings. The Morgan fingerprint density at radius 1 is 1.29 bits per heavy atom. The summed E-state index contributed by atoms with van der Waals surface area (Å²) in [6.07, 6.45) is 3.72. The fraction of sp³-hybridized carbons (Fsp3) is 0.467. The third kappa shape index (κ3) is 4.33. The molecule has 0 aliphatic rings. The van der Waals surface area contributed by atoms with E-state index in [0.717, 1.165) is 12.8 Å². The summed E-state index contributed by atoms with van der Waals surface area (Å²) in [5, 5.41) is 0. The van der Waals surface area contributed by atoms with Crippen molar-refractivity contribution in [3.8, 4) is 0 Å². The molecule has 0 aliphatic heterocycles. The normalized spacial score (nSPS) is 13.4. The minimum atomic E-state index is 0.213. The second kappa shape index (κ2) is 5.99. The molecular formula is C15H24N2. The molecule has 1 atom stereocenters. The molecule has 0 aromatic heterocycles. The second-order valence-corrected chi connectivity index (χ2v) is 5.54. The first kappa shape index (κ1) is 13.9. The van der Waals surface area contributed by atoms with Crippen LogP contribution in [-0.4, -0.2) is 6.04 Å². The van der Waals surface area contributed by atoms with Crippen molar-refractivity contribution in [3.63, 3.8) is 0 Å². The van der Waals surface area contributed by atoms with E-state index in [1.54, 1.807) is 0 Å². The van der Waals surface area contributed by atoms with Crippen LogP contribution in [0, 0.1) is 0 Å². The quantitative estimate of drug-likeness (QED) is 0.465. The molecule has 1 aromatic rings. The summed E-state index contributed by atoms with van der Waals surface area (Å²) in [6.45, 7) is 10.4. The molecule has 0 amide bonds. The van der Waals surface area contributed by atoms with E-state index in [2.05, 4.69) is 57.0 Å². The Morgan fingerprint density at radius 3 is 2.29 bits per heavy atom. The van der Waals surface area contributed by atoms with Gasteiger partial charge in [-0.25, -0.2) is 0 Å².